The molecule has 0 fully saturated rings. The number of hydrogen-bond acceptors (Lipinski definition) is 6. The molecule has 1 aromatic heterocycles. The number of benzene rings is 1. The predicted octanol–water partition coefficient (Wildman–Crippen LogP) is 4.49. The molecule has 0 aliphatic heterocycles. The number of hydrogen-bond donors (Lipinski definition) is 2. The van der Waals surface area contributed by atoms with E-state index in [1.54, 1.807) is 14.0 Å². The molecule has 1 aromatic carbocycles. The Morgan fingerprint density at radius 2 is 2.09 bits per heavy atom. The molecular formula is C17H23N3O2S. The highest BCUT2D eigenvalue weighted by molar-refractivity contribution is 7.18. The summed E-state index contributed by atoms with van der Waals surface area (Å²) < 4.78 is 5.51. The Kier molecular flexibility index (Phi) is 5.26. The van der Waals surface area contributed by atoms with Gasteiger partial charge in [-0.1, -0.05) is 30.3 Å². The first-order valence-electron chi connectivity index (χ1n) is 7.49. The third-order valence-corrected chi connectivity index (χ3v) is 4.96. The van der Waals surface area contributed by atoms with Gasteiger partial charge in [-0.05, 0) is 43.0 Å². The molecule has 0 unspecified atom stereocenters. The van der Waals surface area contributed by atoms with E-state index in [1.807, 2.05) is 20.0 Å². The van der Waals surface area contributed by atoms with Crippen molar-refractivity contribution in [2.45, 2.75) is 33.6 Å². The second-order valence-corrected chi connectivity index (χ2v) is 6.70. The zero-order chi connectivity index (χ0) is 17.1. The minimum Gasteiger partial charge on any atom is -0.496 e. The summed E-state index contributed by atoms with van der Waals surface area (Å²) in [6, 6.07) is 4.17. The molecule has 0 amide bonds. The van der Waals surface area contributed by atoms with E-state index < -0.39 is 0 Å². The fraction of sp³-hybridized carbons (Fsp3) is 0.412. The second kappa shape index (κ2) is 7.00. The molecular weight excluding hydrogens is 310 g/mol. The average Bonchev–Trinajstić information content (AvgIpc) is 2.97. The maximum absolute atomic E-state index is 9.16. The Morgan fingerprint density at radius 3 is 2.61 bits per heavy atom. The van der Waals surface area contributed by atoms with Crippen molar-refractivity contribution >= 4 is 22.2 Å². The number of ether oxygens (including phenoxy) is 1. The molecule has 5 nitrogen and oxygen atoms in total. The Morgan fingerprint density at radius 1 is 1.39 bits per heavy atom. The molecule has 0 saturated carbocycles. The summed E-state index contributed by atoms with van der Waals surface area (Å²) in [4.78, 5) is 5.52. The van der Waals surface area contributed by atoms with Crippen LogP contribution in [-0.2, 0) is 0 Å². The van der Waals surface area contributed by atoms with Crippen molar-refractivity contribution in [3.05, 3.63) is 28.1 Å². The summed E-state index contributed by atoms with van der Waals surface area (Å²) >= 11 is 1.48. The Bertz CT molecular complexity index is 736. The van der Waals surface area contributed by atoms with Gasteiger partial charge in [-0.2, -0.15) is 0 Å². The van der Waals surface area contributed by atoms with Crippen molar-refractivity contribution < 1.29 is 9.94 Å². The van der Waals surface area contributed by atoms with Gasteiger partial charge in [0.2, 0.25) is 0 Å². The molecule has 0 aliphatic carbocycles. The van der Waals surface area contributed by atoms with Gasteiger partial charge in [0.15, 0.2) is 5.13 Å². The molecule has 1 heterocycles. The highest BCUT2D eigenvalue weighted by Gasteiger charge is 2.20. The minimum atomic E-state index is 0.336. The first-order valence-corrected chi connectivity index (χ1v) is 8.31. The lowest BCUT2D eigenvalue weighted by Crippen LogP contribution is -2.00. The first-order chi connectivity index (χ1) is 10.9. The van der Waals surface area contributed by atoms with Crippen LogP contribution in [0, 0.1) is 6.92 Å². The first kappa shape index (κ1) is 17.3. The van der Waals surface area contributed by atoms with Gasteiger partial charge in [-0.15, -0.1) is 0 Å². The maximum atomic E-state index is 9.16. The van der Waals surface area contributed by atoms with E-state index in [4.69, 9.17) is 9.94 Å². The summed E-state index contributed by atoms with van der Waals surface area (Å²) in [6.45, 7) is 8.09. The van der Waals surface area contributed by atoms with E-state index in [1.165, 1.54) is 11.3 Å². The van der Waals surface area contributed by atoms with Crippen LogP contribution in [-0.4, -0.2) is 30.1 Å². The van der Waals surface area contributed by atoms with Crippen LogP contribution < -0.4 is 10.1 Å². The summed E-state index contributed by atoms with van der Waals surface area (Å²) in [7, 11) is 3.52. The summed E-state index contributed by atoms with van der Waals surface area (Å²) in [6.07, 6.45) is 0. The molecule has 2 N–H and O–H groups in total. The number of oxime groups is 1. The molecule has 2 rings (SSSR count). The number of nitrogens with one attached hydrogen (secondary N) is 1. The lowest BCUT2D eigenvalue weighted by molar-refractivity contribution is 0.319. The monoisotopic (exact) mass is 333 g/mol. The van der Waals surface area contributed by atoms with Crippen LogP contribution in [0.2, 0.25) is 0 Å². The lowest BCUT2D eigenvalue weighted by Gasteiger charge is -2.16. The average molecular weight is 333 g/mol. The van der Waals surface area contributed by atoms with Crippen molar-refractivity contribution in [3.63, 3.8) is 0 Å². The number of thiazole rings is 1. The number of anilines is 1. The van der Waals surface area contributed by atoms with Gasteiger partial charge in [0, 0.05) is 12.6 Å². The van der Waals surface area contributed by atoms with Crippen molar-refractivity contribution in [1.29, 1.82) is 0 Å². The van der Waals surface area contributed by atoms with Gasteiger partial charge in [0.1, 0.15) is 5.75 Å². The van der Waals surface area contributed by atoms with Gasteiger partial charge in [0.05, 0.1) is 23.4 Å². The van der Waals surface area contributed by atoms with Gasteiger partial charge in [-0.25, -0.2) is 4.98 Å². The molecule has 0 atom stereocenters. The molecule has 0 bridgehead atoms. The largest absolute Gasteiger partial charge is 0.496 e. The second-order valence-electron chi connectivity index (χ2n) is 5.70. The maximum Gasteiger partial charge on any atom is 0.183 e. The molecule has 0 aliphatic rings. The van der Waals surface area contributed by atoms with Crippen LogP contribution in [0.4, 0.5) is 5.13 Å². The molecule has 124 valence electrons. The molecule has 0 radical (unpaired) electrons. The Labute approximate surface area is 141 Å². The zero-order valence-electron chi connectivity index (χ0n) is 14.4. The van der Waals surface area contributed by atoms with Crippen LogP contribution >= 0.6 is 11.3 Å². The Hall–Kier alpha value is -2.08. The van der Waals surface area contributed by atoms with Gasteiger partial charge in [-0.3, -0.25) is 0 Å². The third-order valence-electron chi connectivity index (χ3n) is 3.77. The fourth-order valence-corrected chi connectivity index (χ4v) is 3.35. The molecule has 0 spiro atoms. The summed E-state index contributed by atoms with van der Waals surface area (Å²) in [5.41, 5.74) is 4.63. The van der Waals surface area contributed by atoms with E-state index in [2.05, 4.69) is 35.4 Å². The Balaban J connectivity index is 2.71. The molecule has 6 heteroatoms. The third kappa shape index (κ3) is 3.32. The highest BCUT2D eigenvalue weighted by Crippen LogP contribution is 2.38. The van der Waals surface area contributed by atoms with Crippen LogP contribution in [0.15, 0.2) is 17.3 Å². The van der Waals surface area contributed by atoms with Crippen molar-refractivity contribution in [1.82, 2.24) is 4.98 Å². The van der Waals surface area contributed by atoms with E-state index in [9.17, 15) is 0 Å². The molecule has 0 saturated heterocycles. The van der Waals surface area contributed by atoms with Crippen LogP contribution in [0.1, 0.15) is 42.7 Å². The SMILES string of the molecule is CNc1nc(-c2cc(C(C)C)c(OC)cc2C)c(/C(C)=N/O)s1. The smallest absolute Gasteiger partial charge is 0.183 e. The predicted molar refractivity (Wildman–Crippen MR) is 96.5 cm³/mol. The molecule has 2 aromatic rings. The van der Waals surface area contributed by atoms with E-state index >= 15 is 0 Å². The minimum absolute atomic E-state index is 0.336. The fourth-order valence-electron chi connectivity index (χ4n) is 2.48. The van der Waals surface area contributed by atoms with Gasteiger partial charge >= 0.3 is 0 Å². The highest BCUT2D eigenvalue weighted by atomic mass is 32.1. The number of aromatic nitrogens is 1. The standard InChI is InChI=1S/C17H23N3O2S/c1-9(2)12-8-13(10(3)7-14(12)22-6)15-16(11(4)20-21)23-17(18-5)19-15/h7-9,21H,1-6H3,(H,18,19)/b20-11+. The lowest BCUT2D eigenvalue weighted by atomic mass is 9.94. The number of nitrogens with zero attached hydrogens (tertiary/aromatic N) is 2. The van der Waals surface area contributed by atoms with Crippen molar-refractivity contribution in [2.75, 3.05) is 19.5 Å². The van der Waals surface area contributed by atoms with Gasteiger partial charge in [0.25, 0.3) is 0 Å². The van der Waals surface area contributed by atoms with E-state index in [0.29, 0.717) is 11.6 Å². The van der Waals surface area contributed by atoms with Crippen LogP contribution in [0.3, 0.4) is 0 Å². The van der Waals surface area contributed by atoms with Crippen molar-refractivity contribution in [2.24, 2.45) is 5.16 Å². The molecule has 23 heavy (non-hydrogen) atoms. The number of methoxy groups -OCH3 is 1. The van der Waals surface area contributed by atoms with Crippen molar-refractivity contribution in [3.8, 4) is 17.0 Å². The summed E-state index contributed by atoms with van der Waals surface area (Å²) in [5, 5.41) is 16.4. The number of rotatable bonds is 5. The van der Waals surface area contributed by atoms with Crippen LogP contribution in [0.5, 0.6) is 5.75 Å². The van der Waals surface area contributed by atoms with Gasteiger partial charge < -0.3 is 15.3 Å². The van der Waals surface area contributed by atoms with E-state index in [0.717, 1.165) is 38.1 Å². The van der Waals surface area contributed by atoms with Crippen LogP contribution in [0.25, 0.3) is 11.3 Å². The number of aryl methyl sites for hydroxylation is 1. The van der Waals surface area contributed by atoms with E-state index in [-0.39, 0.29) is 0 Å². The zero-order valence-corrected chi connectivity index (χ0v) is 15.2. The topological polar surface area (TPSA) is 66.7 Å². The summed E-state index contributed by atoms with van der Waals surface area (Å²) in [5.74, 6) is 1.22. The normalized spacial score (nSPS) is 11.9. The quantitative estimate of drug-likeness (QED) is 0.480.